The van der Waals surface area contributed by atoms with Crippen LogP contribution in [0, 0.1) is 0 Å². The summed E-state index contributed by atoms with van der Waals surface area (Å²) in [5, 5.41) is 24.5. The Labute approximate surface area is 222 Å². The van der Waals surface area contributed by atoms with E-state index in [-0.39, 0.29) is 28.9 Å². The van der Waals surface area contributed by atoms with Gasteiger partial charge in [0.2, 0.25) is 11.5 Å². The van der Waals surface area contributed by atoms with Crippen LogP contribution in [0.4, 0.5) is 10.9 Å². The van der Waals surface area contributed by atoms with Gasteiger partial charge in [-0.25, -0.2) is 9.36 Å². The van der Waals surface area contributed by atoms with Crippen LogP contribution in [0.1, 0.15) is 5.82 Å². The van der Waals surface area contributed by atoms with E-state index in [1.54, 1.807) is 10.9 Å². The molecule has 198 valence electrons. The van der Waals surface area contributed by atoms with Gasteiger partial charge in [-0.1, -0.05) is 10.3 Å². The predicted molar refractivity (Wildman–Crippen MR) is 135 cm³/mol. The minimum atomic E-state index is -1.24. The van der Waals surface area contributed by atoms with Crippen molar-refractivity contribution < 1.29 is 28.9 Å². The van der Waals surface area contributed by atoms with Gasteiger partial charge in [-0.15, -0.1) is 11.8 Å². The number of nitrogens with two attached hydrogens (primary N) is 1. The number of thioether (sulfide) groups is 1. The number of nitrogens with zero attached hydrogens (tertiary/aromatic N) is 9. The lowest BCUT2D eigenvalue weighted by molar-refractivity contribution is -0.664. The van der Waals surface area contributed by atoms with Gasteiger partial charge >= 0.3 is 5.97 Å². The summed E-state index contributed by atoms with van der Waals surface area (Å²) in [6.07, 6.45) is 1.56. The third kappa shape index (κ3) is 4.36. The van der Waals surface area contributed by atoms with Crippen molar-refractivity contribution in [2.45, 2.75) is 18.0 Å². The fourth-order valence-corrected chi connectivity index (χ4v) is 5.82. The van der Waals surface area contributed by atoms with Crippen LogP contribution < -0.4 is 20.5 Å². The average molecular weight is 561 g/mol. The number of amides is 2. The van der Waals surface area contributed by atoms with Gasteiger partial charge in [0.1, 0.15) is 24.2 Å². The molecule has 16 nitrogen and oxygen atoms in total. The van der Waals surface area contributed by atoms with E-state index < -0.39 is 29.2 Å². The van der Waals surface area contributed by atoms with Crippen molar-refractivity contribution in [3.63, 3.8) is 0 Å². The average Bonchev–Trinajstić information content (AvgIpc) is 3.50. The largest absolute Gasteiger partial charge is 0.477 e. The number of aromatic nitrogens is 6. The molecule has 4 N–H and O–H groups in total. The van der Waals surface area contributed by atoms with Crippen LogP contribution >= 0.6 is 23.3 Å². The second-order valence-corrected chi connectivity index (χ2v) is 10.3. The number of carboxylic acid groups (broad SMARTS) is 1. The molecular formula is C20H22N11O5S2+. The number of rotatable bonds is 8. The summed E-state index contributed by atoms with van der Waals surface area (Å²) in [5.74, 6) is -1.56. The Kier molecular flexibility index (Phi) is 6.57. The van der Waals surface area contributed by atoms with Gasteiger partial charge < -0.3 is 25.9 Å². The summed E-state index contributed by atoms with van der Waals surface area (Å²) in [4.78, 5) is 49.9. The third-order valence-electron chi connectivity index (χ3n) is 5.79. The van der Waals surface area contributed by atoms with Gasteiger partial charge in [0.15, 0.2) is 10.9 Å². The van der Waals surface area contributed by atoms with Crippen LogP contribution in [0.3, 0.4) is 0 Å². The number of carboxylic acids is 1. The molecule has 1 saturated heterocycles. The van der Waals surface area contributed by atoms with Crippen LogP contribution in [0.5, 0.6) is 0 Å². The van der Waals surface area contributed by atoms with Crippen molar-refractivity contribution in [2.24, 2.45) is 5.16 Å². The van der Waals surface area contributed by atoms with Crippen LogP contribution in [0.25, 0.3) is 5.65 Å². The zero-order valence-corrected chi connectivity index (χ0v) is 21.9. The number of aliphatic carboxylic acids is 1. The van der Waals surface area contributed by atoms with Crippen molar-refractivity contribution >= 4 is 63.4 Å². The molecule has 0 spiro atoms. The minimum absolute atomic E-state index is 0.0437. The lowest BCUT2D eigenvalue weighted by Crippen LogP contribution is -2.71. The smallest absolute Gasteiger partial charge is 0.352 e. The standard InChI is InChI=1S/C20H21N11O5S2/c1-28(2)10-4-5-11-29(8-22-31(11)25-10)6-9-7-37-18-13(17(33)30(18)14(9)19(34)35)23-16(32)12(26-36-3)15-24-20(21)38-27-15/h4-5,8,13,18H,6-7H2,1-3H3,(H3-,21,23,24,27,32,34,35)/p+1/b26-12+/t13-,18-/m1/s1. The molecule has 3 aromatic rings. The first-order chi connectivity index (χ1) is 18.2. The van der Waals surface area contributed by atoms with Crippen molar-refractivity contribution in [1.29, 1.82) is 0 Å². The van der Waals surface area contributed by atoms with Gasteiger partial charge in [-0.3, -0.25) is 14.5 Å². The molecule has 38 heavy (non-hydrogen) atoms. The first-order valence-corrected chi connectivity index (χ1v) is 12.8. The highest BCUT2D eigenvalue weighted by molar-refractivity contribution is 8.00. The summed E-state index contributed by atoms with van der Waals surface area (Å²) in [6.45, 7) is 0.191. The molecule has 0 aromatic carbocycles. The van der Waals surface area contributed by atoms with Crippen molar-refractivity contribution in [3.05, 3.63) is 35.6 Å². The van der Waals surface area contributed by atoms with E-state index in [1.807, 2.05) is 31.1 Å². The maximum atomic E-state index is 13.1. The van der Waals surface area contributed by atoms with Crippen LogP contribution in [-0.2, 0) is 25.8 Å². The molecule has 2 amide bonds. The third-order valence-corrected chi connectivity index (χ3v) is 7.67. The van der Waals surface area contributed by atoms with Crippen molar-refractivity contribution in [2.75, 3.05) is 37.6 Å². The summed E-state index contributed by atoms with van der Waals surface area (Å²) in [5.41, 5.74) is 6.41. The number of β-lactam (4-membered cyclic amide) rings is 1. The molecule has 0 radical (unpaired) electrons. The second-order valence-electron chi connectivity index (χ2n) is 8.39. The molecule has 0 unspecified atom stereocenters. The summed E-state index contributed by atoms with van der Waals surface area (Å²) >= 11 is 2.22. The highest BCUT2D eigenvalue weighted by Crippen LogP contribution is 2.40. The minimum Gasteiger partial charge on any atom is -0.477 e. The normalized spacial score (nSPS) is 19.3. The molecule has 3 aromatic heterocycles. The SMILES string of the molecule is CO/N=C(/C(=O)N[C@@H]1C(=O)N2C(C(=O)O)=C(C[n+]3cnn4nc(N(C)C)ccc43)CS[C@H]12)c1nsc(N)n1. The number of nitrogen functional groups attached to an aromatic ring is 1. The number of hydrogen-bond acceptors (Lipinski definition) is 13. The van der Waals surface area contributed by atoms with E-state index in [4.69, 9.17) is 10.6 Å². The lowest BCUT2D eigenvalue weighted by atomic mass is 10.0. The fraction of sp³-hybridized carbons (Fsp3) is 0.350. The highest BCUT2D eigenvalue weighted by atomic mass is 32.2. The van der Waals surface area contributed by atoms with E-state index >= 15 is 0 Å². The summed E-state index contributed by atoms with van der Waals surface area (Å²) in [6, 6.07) is 2.69. The molecule has 2 aliphatic heterocycles. The number of carbonyl (C=O) groups is 3. The Morgan fingerprint density at radius 3 is 2.84 bits per heavy atom. The van der Waals surface area contributed by atoms with Crippen LogP contribution in [0.2, 0.25) is 0 Å². The molecule has 2 atom stereocenters. The highest BCUT2D eigenvalue weighted by Gasteiger charge is 2.54. The molecule has 0 aliphatic carbocycles. The molecule has 2 aliphatic rings. The predicted octanol–water partition coefficient (Wildman–Crippen LogP) is -1.69. The Morgan fingerprint density at radius 2 is 2.18 bits per heavy atom. The van der Waals surface area contributed by atoms with Gasteiger partial charge in [0.05, 0.1) is 11.6 Å². The number of carbonyl (C=O) groups excluding carboxylic acids is 2. The monoisotopic (exact) mass is 560 g/mol. The van der Waals surface area contributed by atoms with E-state index in [9.17, 15) is 19.5 Å². The number of fused-ring (bicyclic) bond motifs is 2. The molecule has 1 fully saturated rings. The number of hydrogen-bond donors (Lipinski definition) is 3. The fourth-order valence-electron chi connectivity index (χ4n) is 4.05. The van der Waals surface area contributed by atoms with Crippen LogP contribution in [0.15, 0.2) is 34.9 Å². The lowest BCUT2D eigenvalue weighted by Gasteiger charge is -2.49. The second kappa shape index (κ2) is 9.86. The molecule has 5 rings (SSSR count). The van der Waals surface area contributed by atoms with Gasteiger partial charge in [-0.05, 0) is 6.07 Å². The molecule has 18 heteroatoms. The molecule has 5 heterocycles. The van der Waals surface area contributed by atoms with E-state index in [1.165, 1.54) is 28.4 Å². The van der Waals surface area contributed by atoms with Gasteiger partial charge in [0.25, 0.3) is 23.8 Å². The van der Waals surface area contributed by atoms with Gasteiger partial charge in [0, 0.05) is 47.7 Å². The Balaban J connectivity index is 1.37. The van der Waals surface area contributed by atoms with Gasteiger partial charge in [-0.2, -0.15) is 9.36 Å². The zero-order valence-electron chi connectivity index (χ0n) is 20.3. The Morgan fingerprint density at radius 1 is 1.39 bits per heavy atom. The maximum absolute atomic E-state index is 13.1. The van der Waals surface area contributed by atoms with E-state index in [2.05, 4.69) is 30.0 Å². The first kappa shape index (κ1) is 25.3. The number of oxime groups is 1. The topological polar surface area (TPSA) is 197 Å². The molecule has 0 saturated carbocycles. The summed E-state index contributed by atoms with van der Waals surface area (Å²) in [7, 11) is 4.98. The Bertz CT molecular complexity index is 1510. The maximum Gasteiger partial charge on any atom is 0.352 e. The van der Waals surface area contributed by atoms with Crippen LogP contribution in [-0.4, -0.2) is 96.1 Å². The summed E-state index contributed by atoms with van der Waals surface area (Å²) < 4.78 is 7.17. The Hall–Kier alpha value is -4.32. The molecular weight excluding hydrogens is 538 g/mol. The zero-order chi connectivity index (χ0) is 27.1. The quantitative estimate of drug-likeness (QED) is 0.122. The number of nitrogens with one attached hydrogen (secondary N) is 1. The number of anilines is 2. The van der Waals surface area contributed by atoms with E-state index in [0.717, 1.165) is 11.5 Å². The van der Waals surface area contributed by atoms with Crippen molar-refractivity contribution in [1.82, 2.24) is 34.4 Å². The van der Waals surface area contributed by atoms with Crippen molar-refractivity contribution in [3.8, 4) is 0 Å². The molecule has 0 bridgehead atoms. The first-order valence-electron chi connectivity index (χ1n) is 11.0. The van der Waals surface area contributed by atoms with E-state index in [0.29, 0.717) is 22.8 Å².